The van der Waals surface area contributed by atoms with Gasteiger partial charge in [-0.3, -0.25) is 0 Å². The van der Waals surface area contributed by atoms with E-state index in [1.165, 1.54) is 6.42 Å². The predicted octanol–water partition coefficient (Wildman–Crippen LogP) is 2.90. The second-order valence-electron chi connectivity index (χ2n) is 5.75. The fourth-order valence-corrected chi connectivity index (χ4v) is 5.03. The van der Waals surface area contributed by atoms with Crippen LogP contribution in [0.3, 0.4) is 0 Å². The van der Waals surface area contributed by atoms with Crippen molar-refractivity contribution < 1.29 is 8.42 Å². The van der Waals surface area contributed by atoms with Crippen LogP contribution < -0.4 is 5.32 Å². The molecule has 1 N–H and O–H groups in total. The lowest BCUT2D eigenvalue weighted by Crippen LogP contribution is -2.37. The van der Waals surface area contributed by atoms with Crippen LogP contribution in [0.2, 0.25) is 0 Å². The molecule has 0 saturated heterocycles. The first-order valence-electron chi connectivity index (χ1n) is 7.44. The van der Waals surface area contributed by atoms with Gasteiger partial charge in [-0.2, -0.15) is 0 Å². The average molecular weight is 275 g/mol. The molecule has 2 atom stereocenters. The van der Waals surface area contributed by atoms with E-state index in [2.05, 4.69) is 19.2 Å². The molecule has 0 aliphatic heterocycles. The van der Waals surface area contributed by atoms with E-state index in [1.807, 2.05) is 6.92 Å². The summed E-state index contributed by atoms with van der Waals surface area (Å²) < 4.78 is 24.9. The standard InChI is InChI=1S/C14H29NO2S/c1-4-10-15-12(2)11-13(3)18(16,17)14-8-6-5-7-9-14/h12-15H,4-11H2,1-3H3. The normalized spacial score (nSPS) is 21.7. The van der Waals surface area contributed by atoms with Crippen molar-refractivity contribution >= 4 is 9.84 Å². The molecule has 1 aliphatic rings. The first kappa shape index (κ1) is 16.0. The van der Waals surface area contributed by atoms with Gasteiger partial charge >= 0.3 is 0 Å². The molecule has 0 aromatic rings. The summed E-state index contributed by atoms with van der Waals surface area (Å²) in [7, 11) is -2.92. The summed E-state index contributed by atoms with van der Waals surface area (Å²) in [5.74, 6) is 0. The fourth-order valence-electron chi connectivity index (χ4n) is 2.83. The largest absolute Gasteiger partial charge is 0.314 e. The number of sulfone groups is 1. The summed E-state index contributed by atoms with van der Waals surface area (Å²) in [6.07, 6.45) is 6.95. The number of rotatable bonds is 7. The Morgan fingerprint density at radius 2 is 1.78 bits per heavy atom. The Morgan fingerprint density at radius 3 is 2.33 bits per heavy atom. The van der Waals surface area contributed by atoms with Crippen molar-refractivity contribution in [2.24, 2.45) is 0 Å². The summed E-state index contributed by atoms with van der Waals surface area (Å²) >= 11 is 0. The van der Waals surface area contributed by atoms with Crippen molar-refractivity contribution in [1.29, 1.82) is 0 Å². The topological polar surface area (TPSA) is 46.2 Å². The van der Waals surface area contributed by atoms with Crippen LogP contribution in [0.15, 0.2) is 0 Å². The molecule has 0 aromatic carbocycles. The Balaban J connectivity index is 2.50. The highest BCUT2D eigenvalue weighted by atomic mass is 32.2. The van der Waals surface area contributed by atoms with Gasteiger partial charge in [0.15, 0.2) is 9.84 Å². The fraction of sp³-hybridized carbons (Fsp3) is 1.00. The average Bonchev–Trinajstić information content (AvgIpc) is 2.37. The molecule has 1 saturated carbocycles. The van der Waals surface area contributed by atoms with Crippen LogP contribution >= 0.6 is 0 Å². The third kappa shape index (κ3) is 4.54. The molecule has 0 radical (unpaired) electrons. The van der Waals surface area contributed by atoms with Crippen LogP contribution in [0.1, 0.15) is 65.7 Å². The molecule has 0 spiro atoms. The second kappa shape index (κ2) is 7.49. The molecule has 1 rings (SSSR count). The molecule has 1 aliphatic carbocycles. The van der Waals surface area contributed by atoms with Crippen molar-refractivity contribution in [3.63, 3.8) is 0 Å². The monoisotopic (exact) mass is 275 g/mol. The highest BCUT2D eigenvalue weighted by Gasteiger charge is 2.32. The summed E-state index contributed by atoms with van der Waals surface area (Å²) in [6.45, 7) is 7.07. The third-order valence-electron chi connectivity index (χ3n) is 4.01. The first-order valence-corrected chi connectivity index (χ1v) is 9.05. The quantitative estimate of drug-likeness (QED) is 0.777. The third-order valence-corrected chi connectivity index (χ3v) is 6.72. The lowest BCUT2D eigenvalue weighted by molar-refractivity contribution is 0.463. The van der Waals surface area contributed by atoms with E-state index in [1.54, 1.807) is 0 Å². The van der Waals surface area contributed by atoms with Gasteiger partial charge in [-0.25, -0.2) is 8.42 Å². The lowest BCUT2D eigenvalue weighted by Gasteiger charge is -2.26. The number of hydrogen-bond donors (Lipinski definition) is 1. The molecule has 0 amide bonds. The minimum Gasteiger partial charge on any atom is -0.314 e. The summed E-state index contributed by atoms with van der Waals surface area (Å²) in [5, 5.41) is 3.10. The lowest BCUT2D eigenvalue weighted by atomic mass is 10.0. The Kier molecular flexibility index (Phi) is 6.64. The zero-order valence-corrected chi connectivity index (χ0v) is 12.9. The molecule has 3 nitrogen and oxygen atoms in total. The molecule has 108 valence electrons. The number of hydrogen-bond acceptors (Lipinski definition) is 3. The molecule has 0 heterocycles. The van der Waals surface area contributed by atoms with Gasteiger partial charge < -0.3 is 5.32 Å². The number of nitrogens with one attached hydrogen (secondary N) is 1. The maximum Gasteiger partial charge on any atom is 0.155 e. The minimum atomic E-state index is -2.92. The van der Waals surface area contributed by atoms with Gasteiger partial charge in [-0.1, -0.05) is 26.2 Å². The van der Waals surface area contributed by atoms with Crippen LogP contribution in [0, 0.1) is 0 Å². The van der Waals surface area contributed by atoms with Crippen molar-refractivity contribution in [2.45, 2.75) is 82.3 Å². The van der Waals surface area contributed by atoms with E-state index < -0.39 is 9.84 Å². The van der Waals surface area contributed by atoms with Gasteiger partial charge in [0.1, 0.15) is 0 Å². The van der Waals surface area contributed by atoms with E-state index in [0.29, 0.717) is 6.04 Å². The van der Waals surface area contributed by atoms with Crippen molar-refractivity contribution in [1.82, 2.24) is 5.32 Å². The SMILES string of the molecule is CCCNC(C)CC(C)S(=O)(=O)C1CCCCC1. The van der Waals surface area contributed by atoms with Gasteiger partial charge in [0.2, 0.25) is 0 Å². The maximum atomic E-state index is 12.5. The first-order chi connectivity index (χ1) is 8.48. The predicted molar refractivity (Wildman–Crippen MR) is 77.6 cm³/mol. The molecule has 0 aromatic heterocycles. The summed E-state index contributed by atoms with van der Waals surface area (Å²) in [5.41, 5.74) is 0. The van der Waals surface area contributed by atoms with Gasteiger partial charge in [-0.05, 0) is 46.1 Å². The van der Waals surface area contributed by atoms with Crippen LogP contribution in [0.25, 0.3) is 0 Å². The van der Waals surface area contributed by atoms with Crippen LogP contribution in [-0.2, 0) is 9.84 Å². The smallest absolute Gasteiger partial charge is 0.155 e. The zero-order chi connectivity index (χ0) is 13.6. The Bertz CT molecular complexity index is 321. The summed E-state index contributed by atoms with van der Waals surface area (Å²) in [4.78, 5) is 0. The maximum absolute atomic E-state index is 12.5. The van der Waals surface area contributed by atoms with Gasteiger partial charge in [0.05, 0.1) is 10.5 Å². The second-order valence-corrected chi connectivity index (χ2v) is 8.40. The summed E-state index contributed by atoms with van der Waals surface area (Å²) in [6, 6.07) is 0.290. The van der Waals surface area contributed by atoms with E-state index in [4.69, 9.17) is 0 Å². The molecular weight excluding hydrogens is 246 g/mol. The van der Waals surface area contributed by atoms with Crippen molar-refractivity contribution in [2.75, 3.05) is 6.54 Å². The highest BCUT2D eigenvalue weighted by Crippen LogP contribution is 2.27. The van der Waals surface area contributed by atoms with Gasteiger partial charge in [-0.15, -0.1) is 0 Å². The van der Waals surface area contributed by atoms with Crippen molar-refractivity contribution in [3.05, 3.63) is 0 Å². The van der Waals surface area contributed by atoms with Crippen LogP contribution in [-0.4, -0.2) is 31.5 Å². The van der Waals surface area contributed by atoms with Crippen LogP contribution in [0.4, 0.5) is 0 Å². The molecule has 0 bridgehead atoms. The Labute approximate surface area is 113 Å². The Morgan fingerprint density at radius 1 is 1.17 bits per heavy atom. The molecule has 1 fully saturated rings. The van der Waals surface area contributed by atoms with Gasteiger partial charge in [0.25, 0.3) is 0 Å². The van der Waals surface area contributed by atoms with E-state index in [9.17, 15) is 8.42 Å². The Hall–Kier alpha value is -0.0900. The van der Waals surface area contributed by atoms with Crippen LogP contribution in [0.5, 0.6) is 0 Å². The molecular formula is C14H29NO2S. The van der Waals surface area contributed by atoms with E-state index in [-0.39, 0.29) is 10.5 Å². The van der Waals surface area contributed by atoms with Gasteiger partial charge in [0, 0.05) is 6.04 Å². The minimum absolute atomic E-state index is 0.0698. The highest BCUT2D eigenvalue weighted by molar-refractivity contribution is 7.92. The van der Waals surface area contributed by atoms with Crippen molar-refractivity contribution in [3.8, 4) is 0 Å². The van der Waals surface area contributed by atoms with E-state index >= 15 is 0 Å². The van der Waals surface area contributed by atoms with E-state index in [0.717, 1.165) is 45.1 Å². The zero-order valence-electron chi connectivity index (χ0n) is 12.1. The molecule has 2 unspecified atom stereocenters. The molecule has 4 heteroatoms. The molecule has 18 heavy (non-hydrogen) atoms.